The van der Waals surface area contributed by atoms with Crippen LogP contribution >= 0.6 is 141 Å². The summed E-state index contributed by atoms with van der Waals surface area (Å²) in [5.41, 5.74) is 6.21. The summed E-state index contributed by atoms with van der Waals surface area (Å²) in [6.45, 7) is 31.9. The Balaban J connectivity index is 0.000000628. The fourth-order valence-corrected chi connectivity index (χ4v) is 19.5. The average Bonchev–Trinajstić information content (AvgIpc) is 1.64. The number of hydrogen-bond acceptors (Lipinski definition) is 37. The molecule has 0 aromatic heterocycles. The van der Waals surface area contributed by atoms with Crippen molar-refractivity contribution in [3.63, 3.8) is 0 Å². The average molecular weight is 1830 g/mol. The van der Waals surface area contributed by atoms with Crippen LogP contribution in [0.3, 0.4) is 0 Å². The predicted octanol–water partition coefficient (Wildman–Crippen LogP) is 13.7. The molecule has 638 valence electrons. The third-order valence-corrected chi connectivity index (χ3v) is 28.3. The van der Waals surface area contributed by atoms with E-state index < -0.39 is 56.2 Å². The summed E-state index contributed by atoms with van der Waals surface area (Å²) in [6.07, 6.45) is 17.0. The van der Waals surface area contributed by atoms with Crippen LogP contribution in [0.2, 0.25) is 0 Å². The minimum atomic E-state index is -1.23. The van der Waals surface area contributed by atoms with E-state index in [1.54, 1.807) is 65.0 Å². The number of ether oxygens (including phenoxy) is 2. The first-order valence-electron chi connectivity index (χ1n) is 35.1. The second-order valence-corrected chi connectivity index (χ2v) is 40.4. The Bertz CT molecular complexity index is 3940. The third-order valence-electron chi connectivity index (χ3n) is 15.8. The van der Waals surface area contributed by atoms with Crippen LogP contribution in [0.25, 0.3) is 0 Å². The van der Waals surface area contributed by atoms with Crippen LogP contribution < -0.4 is 0 Å². The Morgan fingerprint density at radius 1 is 0.574 bits per heavy atom. The number of hydrogen-bond donors (Lipinski definition) is 10. The van der Waals surface area contributed by atoms with Gasteiger partial charge in [0.25, 0.3) is 10.2 Å². The van der Waals surface area contributed by atoms with Gasteiger partial charge >= 0.3 is 5.97 Å². The van der Waals surface area contributed by atoms with E-state index in [4.69, 9.17) is 60.5 Å². The predicted molar refractivity (Wildman–Crippen MR) is 471 cm³/mol. The van der Waals surface area contributed by atoms with Crippen molar-refractivity contribution in [2.45, 2.75) is 162 Å². The Labute approximate surface area is 721 Å². The molecule has 12 rings (SSSR count). The first-order chi connectivity index (χ1) is 53.5. The number of methoxy groups -OCH3 is 1. The number of aliphatic carboxylic acids is 1. The Hall–Kier alpha value is -5.30. The number of carboxylic acids is 1. The van der Waals surface area contributed by atoms with E-state index in [1.807, 2.05) is 39.0 Å². The van der Waals surface area contributed by atoms with E-state index in [1.165, 1.54) is 94.9 Å². The summed E-state index contributed by atoms with van der Waals surface area (Å²) >= 11 is 13.8. The van der Waals surface area contributed by atoms with E-state index >= 15 is 0 Å². The zero-order chi connectivity index (χ0) is 88.2. The standard InChI is InChI=1S/C8H12O3S.3C8H12OS.C7H10OS.C6H8O5S.C6H6O2S.2C6H8O2S.C5H4O3S.C5H6O2S.C4H4O3S/c1-5-6(11-3)8(2,4-9)12-7(5)10;1-8(2,3)6-4-7(9)10-5-6;1-8(2,3)6-4-5-7(9)10-6;1-6(2)5-7-3-4-8(9)10-7;1-3-6-5(2)4-9-7(6)8;7-1-2(8)5-3(9)4(10)6(11)12-5;1-3-4(2)6(8)9-5(3)7;1-2-8-5-3-6(7)9-4-5;7-4-3-5-1-2-6(8)9-5;6-4(7)3-1-2-9-5(3)8;1-3-4(6)2-8-5(3)7;5-2-1-8-4(7)3(2)6/h9H,4H2,1-3H3;4H,5H2,1-3H3;4-6H,1-3H3;3-4,6-7H,5H2,1-2H3;3-4H2,1-2H3;2,5,7-10H,1H2;1-2H3;3H,2,4H2,1H3;1-2,5,7H,3-4H2;1H,2H2,(H,6,7);6H,2H2,1H3;5-6H,1H2. The minimum absolute atomic E-state index is 0.00231. The highest BCUT2D eigenvalue weighted by Gasteiger charge is 2.43. The highest BCUT2D eigenvalue weighted by Crippen LogP contribution is 2.44. The molecule has 12 aliphatic rings. The van der Waals surface area contributed by atoms with Crippen LogP contribution in [-0.4, -0.2) is 223 Å². The normalized spacial score (nSPS) is 22.7. The fourth-order valence-electron chi connectivity index (χ4n) is 8.99. The van der Waals surface area contributed by atoms with Crippen molar-refractivity contribution in [3.8, 4) is 0 Å². The number of carbonyl (C=O) groups excluding carboxylic acids is 13. The maximum atomic E-state index is 11.2. The molecule has 0 aromatic carbocycles. The summed E-state index contributed by atoms with van der Waals surface area (Å²) in [7, 11) is 1.52. The monoisotopic (exact) mass is 1830 g/mol. The van der Waals surface area contributed by atoms with Gasteiger partial charge in [-0.2, -0.15) is 0 Å². The topological polar surface area (TPSA) is 460 Å². The maximum Gasteiger partial charge on any atom is 0.339 e. The zero-order valence-electron chi connectivity index (χ0n) is 66.8. The van der Waals surface area contributed by atoms with Crippen molar-refractivity contribution in [1.82, 2.24) is 0 Å². The molecule has 0 bridgehead atoms. The van der Waals surface area contributed by atoms with Gasteiger partial charge in [0.05, 0.1) is 50.3 Å². The lowest BCUT2D eigenvalue weighted by Crippen LogP contribution is -2.26. The molecule has 26 nitrogen and oxygen atoms in total. The largest absolute Gasteiger partial charge is 0.511 e. The van der Waals surface area contributed by atoms with Crippen LogP contribution in [0.4, 0.5) is 0 Å². The van der Waals surface area contributed by atoms with E-state index in [0.29, 0.717) is 86.5 Å². The summed E-state index contributed by atoms with van der Waals surface area (Å²) in [4.78, 5) is 149. The van der Waals surface area contributed by atoms with Gasteiger partial charge in [-0.25, -0.2) is 4.79 Å². The summed E-state index contributed by atoms with van der Waals surface area (Å²) < 4.78 is 9.60. The molecule has 0 aromatic rings. The van der Waals surface area contributed by atoms with Gasteiger partial charge in [0, 0.05) is 73.6 Å². The molecule has 12 aliphatic heterocycles. The highest BCUT2D eigenvalue weighted by atomic mass is 32.2. The molecule has 0 radical (unpaired) electrons. The molecule has 6 atom stereocenters. The van der Waals surface area contributed by atoms with Crippen molar-refractivity contribution in [2.24, 2.45) is 16.7 Å². The maximum absolute atomic E-state index is 11.2. The van der Waals surface area contributed by atoms with Crippen LogP contribution in [0.15, 0.2) is 140 Å². The van der Waals surface area contributed by atoms with Gasteiger partial charge in [-0.05, 0) is 121 Å². The van der Waals surface area contributed by atoms with Crippen LogP contribution in [0.5, 0.6) is 0 Å². The smallest absolute Gasteiger partial charge is 0.339 e. The van der Waals surface area contributed by atoms with E-state index in [9.17, 15) is 67.1 Å². The molecular formula is C77H102O26S12. The van der Waals surface area contributed by atoms with Crippen LogP contribution in [-0.2, 0) is 76.6 Å². The number of aliphatic hydroxyl groups is 9. The van der Waals surface area contributed by atoms with Crippen molar-refractivity contribution in [3.05, 3.63) is 140 Å². The first kappa shape index (κ1) is 108. The quantitative estimate of drug-likeness (QED) is 0.0811. The van der Waals surface area contributed by atoms with Crippen LogP contribution in [0.1, 0.15) is 130 Å². The lowest BCUT2D eigenvalue weighted by Gasteiger charge is -2.23. The first-order valence-corrected chi connectivity index (χ1v) is 46.2. The molecule has 12 heterocycles. The van der Waals surface area contributed by atoms with Gasteiger partial charge in [0.1, 0.15) is 38.6 Å². The molecular weight excluding hydrogens is 1730 g/mol. The lowest BCUT2D eigenvalue weighted by atomic mass is 9.88. The fraction of sp³-hybridized carbons (Fsp3) is 0.506. The second-order valence-electron chi connectivity index (χ2n) is 27.5. The van der Waals surface area contributed by atoms with Crippen molar-refractivity contribution in [1.29, 1.82) is 0 Å². The van der Waals surface area contributed by atoms with Gasteiger partial charge in [0.15, 0.2) is 5.76 Å². The number of rotatable bonds is 12. The van der Waals surface area contributed by atoms with E-state index in [-0.39, 0.29) is 108 Å². The molecule has 0 spiro atoms. The van der Waals surface area contributed by atoms with Gasteiger partial charge in [0.2, 0.25) is 67.8 Å². The summed E-state index contributed by atoms with van der Waals surface area (Å²) in [5.74, 6) is 2.91. The van der Waals surface area contributed by atoms with Gasteiger partial charge in [-0.1, -0.05) is 227 Å². The summed E-state index contributed by atoms with van der Waals surface area (Å²) in [6, 6.07) is 0. The number of carboxylic acid groups (broad SMARTS) is 1. The van der Waals surface area contributed by atoms with Crippen LogP contribution in [0, 0.1) is 16.7 Å². The Kier molecular flexibility index (Phi) is 50.0. The van der Waals surface area contributed by atoms with Gasteiger partial charge in [-0.3, -0.25) is 62.3 Å². The number of aliphatic hydroxyl groups excluding tert-OH is 9. The number of carbonyl (C=O) groups is 14. The molecule has 0 saturated carbocycles. The SMILES string of the molecule is CC(C)(C)C1=CC(=O)SC1.CC(C)(C)C1C=CC(=O)S1.CC(C)CC1C=CC(=O)S1.CC1=C(C)C(=O)SC1=O.CC1=C(O)CSC1=O.CCC1=C(C)CSC1=O.CCOC1=CC(=O)SC1.COC1=C(C)C(=O)SC1(C)CO.O=C(O)C1=CCSC1=O.O=C1C=CC(CCO)S1.O=C1SC(C(O)CO)C(O)=C1O.O=C1SCC(O)=C1O. The van der Waals surface area contributed by atoms with E-state index in [0.717, 1.165) is 94.5 Å². The molecule has 0 amide bonds. The molecule has 0 fully saturated rings. The van der Waals surface area contributed by atoms with Gasteiger partial charge < -0.3 is 60.5 Å². The molecule has 38 heteroatoms. The Morgan fingerprint density at radius 2 is 1.10 bits per heavy atom. The third kappa shape index (κ3) is 38.8. The summed E-state index contributed by atoms with van der Waals surface area (Å²) in [5, 5.41) is 86.7. The van der Waals surface area contributed by atoms with E-state index in [2.05, 4.69) is 55.4 Å². The zero-order valence-corrected chi connectivity index (χ0v) is 76.6. The Morgan fingerprint density at radius 3 is 1.37 bits per heavy atom. The lowest BCUT2D eigenvalue weighted by molar-refractivity contribution is -0.134. The molecule has 0 aliphatic carbocycles. The molecule has 0 saturated heterocycles. The second kappa shape index (κ2) is 53.4. The minimum Gasteiger partial charge on any atom is -0.511 e. The highest BCUT2D eigenvalue weighted by molar-refractivity contribution is 8.27. The molecule has 10 N–H and O–H groups in total. The van der Waals surface area contributed by atoms with Crippen molar-refractivity contribution >= 4 is 214 Å². The molecule has 6 unspecified atom stereocenters. The number of thioether (sulfide) groups is 12. The van der Waals surface area contributed by atoms with Crippen molar-refractivity contribution in [2.75, 3.05) is 68.1 Å². The molecule has 115 heavy (non-hydrogen) atoms. The van der Waals surface area contributed by atoms with Crippen molar-refractivity contribution < 1.29 is 128 Å². The van der Waals surface area contributed by atoms with Gasteiger partial charge in [-0.15, -0.1) is 0 Å².